The monoisotopic (exact) mass is 309 g/mol. The van der Waals surface area contributed by atoms with Gasteiger partial charge in [-0.25, -0.2) is 0 Å². The zero-order valence-corrected chi connectivity index (χ0v) is 12.4. The van der Waals surface area contributed by atoms with E-state index in [1.807, 2.05) is 13.8 Å². The summed E-state index contributed by atoms with van der Waals surface area (Å²) >= 11 is 17.6. The summed E-state index contributed by atoms with van der Waals surface area (Å²) in [5, 5.41) is 5.07. The molecule has 0 aromatic heterocycles. The first-order valence-electron chi connectivity index (χ1n) is 5.41. The van der Waals surface area contributed by atoms with Crippen molar-refractivity contribution in [2.24, 2.45) is 5.16 Å². The molecule has 0 fully saturated rings. The third-order valence-electron chi connectivity index (χ3n) is 1.86. The second-order valence-electron chi connectivity index (χ2n) is 3.77. The highest BCUT2D eigenvalue weighted by Crippen LogP contribution is 2.33. The Morgan fingerprint density at radius 2 is 1.72 bits per heavy atom. The van der Waals surface area contributed by atoms with Gasteiger partial charge in [0.15, 0.2) is 0 Å². The molecule has 100 valence electrons. The maximum Gasteiger partial charge on any atom is 0.139 e. The summed E-state index contributed by atoms with van der Waals surface area (Å²) in [6, 6.07) is 3.16. The van der Waals surface area contributed by atoms with Crippen LogP contribution in [0.15, 0.2) is 17.3 Å². The highest BCUT2D eigenvalue weighted by molar-refractivity contribution is 6.43. The summed E-state index contributed by atoms with van der Waals surface area (Å²) in [6.07, 6.45) is 0.702. The number of halogens is 3. The molecule has 1 rings (SSSR count). The molecule has 0 spiro atoms. The lowest BCUT2D eigenvalue weighted by Gasteiger charge is -2.08. The van der Waals surface area contributed by atoms with Gasteiger partial charge in [-0.1, -0.05) is 40.0 Å². The Kier molecular flexibility index (Phi) is 6.61. The van der Waals surface area contributed by atoms with Crippen molar-refractivity contribution < 1.29 is 9.57 Å². The molecule has 0 aliphatic carbocycles. The van der Waals surface area contributed by atoms with Crippen LogP contribution in [0.25, 0.3) is 0 Å². The smallest absolute Gasteiger partial charge is 0.139 e. The van der Waals surface area contributed by atoms with Gasteiger partial charge in [0.25, 0.3) is 0 Å². The molecule has 0 unspecified atom stereocenters. The van der Waals surface area contributed by atoms with Crippen LogP contribution >= 0.6 is 34.8 Å². The van der Waals surface area contributed by atoms with E-state index in [0.717, 1.165) is 5.71 Å². The van der Waals surface area contributed by atoms with E-state index in [2.05, 4.69) is 5.16 Å². The van der Waals surface area contributed by atoms with Crippen LogP contribution in [0.3, 0.4) is 0 Å². The maximum absolute atomic E-state index is 5.96. The van der Waals surface area contributed by atoms with Gasteiger partial charge in [0, 0.05) is 12.5 Å². The molecular weight excluding hydrogens is 296 g/mol. The number of ether oxygens (including phenoxy) is 1. The lowest BCUT2D eigenvalue weighted by atomic mass is 10.3. The van der Waals surface area contributed by atoms with Crippen LogP contribution in [-0.2, 0) is 4.84 Å². The number of benzene rings is 1. The molecule has 0 radical (unpaired) electrons. The molecule has 1 aromatic carbocycles. The summed E-state index contributed by atoms with van der Waals surface area (Å²) in [4.78, 5) is 5.03. The summed E-state index contributed by atoms with van der Waals surface area (Å²) in [6.45, 7) is 4.69. The lowest BCUT2D eigenvalue weighted by Crippen LogP contribution is -2.02. The minimum absolute atomic E-state index is 0.408. The van der Waals surface area contributed by atoms with Gasteiger partial charge in [-0.3, -0.25) is 0 Å². The van der Waals surface area contributed by atoms with E-state index >= 15 is 0 Å². The average molecular weight is 311 g/mol. The zero-order valence-electron chi connectivity index (χ0n) is 10.2. The molecule has 3 nitrogen and oxygen atoms in total. The van der Waals surface area contributed by atoms with Crippen LogP contribution in [0.5, 0.6) is 5.75 Å². The molecule has 0 aliphatic heterocycles. The van der Waals surface area contributed by atoms with E-state index in [1.54, 1.807) is 12.1 Å². The summed E-state index contributed by atoms with van der Waals surface area (Å²) in [5.41, 5.74) is 0.878. The maximum atomic E-state index is 5.96. The largest absolute Gasteiger partial charge is 0.492 e. The average Bonchev–Trinajstić information content (AvgIpc) is 2.29. The number of nitrogens with zero attached hydrogens (tertiary/aromatic N) is 1. The molecule has 0 atom stereocenters. The van der Waals surface area contributed by atoms with E-state index in [4.69, 9.17) is 44.4 Å². The van der Waals surface area contributed by atoms with Crippen LogP contribution in [0.4, 0.5) is 0 Å². The highest BCUT2D eigenvalue weighted by Gasteiger charge is 2.06. The fourth-order valence-corrected chi connectivity index (χ4v) is 1.69. The molecule has 18 heavy (non-hydrogen) atoms. The molecule has 0 amide bonds. The summed E-state index contributed by atoms with van der Waals surface area (Å²) in [5.74, 6) is 0.515. The van der Waals surface area contributed by atoms with Gasteiger partial charge in [0.05, 0.1) is 27.4 Å². The molecule has 0 saturated heterocycles. The first-order chi connectivity index (χ1) is 8.50. The van der Waals surface area contributed by atoms with Crippen molar-refractivity contribution in [1.29, 1.82) is 0 Å². The van der Waals surface area contributed by atoms with Crippen LogP contribution < -0.4 is 4.74 Å². The fourth-order valence-electron chi connectivity index (χ4n) is 1.10. The van der Waals surface area contributed by atoms with Gasteiger partial charge in [-0.05, 0) is 19.9 Å². The molecular formula is C12H14Cl3NO2. The topological polar surface area (TPSA) is 30.8 Å². The normalized spacial score (nSPS) is 10.1. The summed E-state index contributed by atoms with van der Waals surface area (Å²) in [7, 11) is 0. The van der Waals surface area contributed by atoms with Crippen LogP contribution in [-0.4, -0.2) is 18.9 Å². The van der Waals surface area contributed by atoms with Crippen molar-refractivity contribution in [1.82, 2.24) is 0 Å². The third kappa shape index (κ3) is 5.34. The Balaban J connectivity index is 2.36. The highest BCUT2D eigenvalue weighted by atomic mass is 35.5. The van der Waals surface area contributed by atoms with E-state index in [9.17, 15) is 0 Å². The van der Waals surface area contributed by atoms with Gasteiger partial charge in [-0.2, -0.15) is 0 Å². The molecule has 0 bridgehead atoms. The fraction of sp³-hybridized carbons (Fsp3) is 0.417. The van der Waals surface area contributed by atoms with Crippen LogP contribution in [0, 0.1) is 0 Å². The number of hydrogen-bond acceptors (Lipinski definition) is 3. The molecule has 0 N–H and O–H groups in total. The number of hydrogen-bond donors (Lipinski definition) is 0. The molecule has 0 saturated carbocycles. The Morgan fingerprint density at radius 1 is 1.06 bits per heavy atom. The minimum Gasteiger partial charge on any atom is -0.492 e. The second-order valence-corrected chi connectivity index (χ2v) is 4.99. The predicted molar refractivity (Wildman–Crippen MR) is 76.3 cm³/mol. The van der Waals surface area contributed by atoms with Crippen molar-refractivity contribution in [2.45, 2.75) is 20.3 Å². The minimum atomic E-state index is 0.408. The van der Waals surface area contributed by atoms with Crippen molar-refractivity contribution >= 4 is 40.5 Å². The van der Waals surface area contributed by atoms with Crippen molar-refractivity contribution in [2.75, 3.05) is 13.2 Å². The van der Waals surface area contributed by atoms with Gasteiger partial charge < -0.3 is 9.57 Å². The Morgan fingerprint density at radius 3 is 2.39 bits per heavy atom. The number of rotatable bonds is 6. The molecule has 1 aromatic rings. The van der Waals surface area contributed by atoms with Gasteiger partial charge >= 0.3 is 0 Å². The van der Waals surface area contributed by atoms with E-state index in [0.29, 0.717) is 40.5 Å². The first kappa shape index (κ1) is 15.4. The lowest BCUT2D eigenvalue weighted by molar-refractivity contribution is 0.127. The van der Waals surface area contributed by atoms with Crippen molar-refractivity contribution in [3.63, 3.8) is 0 Å². The summed E-state index contributed by atoms with van der Waals surface area (Å²) < 4.78 is 5.48. The molecule has 0 heterocycles. The predicted octanol–water partition coefficient (Wildman–Crippen LogP) is 4.83. The van der Waals surface area contributed by atoms with E-state index < -0.39 is 0 Å². The molecule has 6 heteroatoms. The zero-order chi connectivity index (χ0) is 13.5. The van der Waals surface area contributed by atoms with Crippen molar-refractivity contribution in [3.05, 3.63) is 27.2 Å². The van der Waals surface area contributed by atoms with Crippen LogP contribution in [0.1, 0.15) is 20.3 Å². The first-order valence-corrected chi connectivity index (χ1v) is 6.54. The van der Waals surface area contributed by atoms with Crippen molar-refractivity contribution in [3.8, 4) is 5.75 Å². The molecule has 0 aliphatic rings. The Labute approximate surface area is 122 Å². The van der Waals surface area contributed by atoms with Crippen LogP contribution in [0.2, 0.25) is 15.1 Å². The quantitative estimate of drug-likeness (QED) is 0.326. The van der Waals surface area contributed by atoms with Gasteiger partial charge in [0.2, 0.25) is 0 Å². The van der Waals surface area contributed by atoms with E-state index in [1.165, 1.54) is 0 Å². The Bertz CT molecular complexity index is 432. The van der Waals surface area contributed by atoms with Gasteiger partial charge in [-0.15, -0.1) is 0 Å². The van der Waals surface area contributed by atoms with E-state index in [-0.39, 0.29) is 0 Å². The Hall–Kier alpha value is -0.640. The standard InChI is InChI=1S/C12H14Cl3NO2/c1-8(2)16-18-5-3-4-17-12-7-10(14)9(13)6-11(12)15/h6-7H,3-5H2,1-2H3. The third-order valence-corrected chi connectivity index (χ3v) is 2.88. The van der Waals surface area contributed by atoms with Gasteiger partial charge in [0.1, 0.15) is 12.4 Å². The number of oxime groups is 1. The second kappa shape index (κ2) is 7.72. The SMILES string of the molecule is CC(C)=NOCCCOc1cc(Cl)c(Cl)cc1Cl.